The predicted octanol–water partition coefficient (Wildman–Crippen LogP) is 9.56. The molecule has 0 saturated heterocycles. The number of hydrogen-bond acceptors (Lipinski definition) is 1. The quantitative estimate of drug-likeness (QED) is 0.213. The summed E-state index contributed by atoms with van der Waals surface area (Å²) in [6, 6.07) is 46.2. The second-order valence-electron chi connectivity index (χ2n) is 10.5. The number of pyridine rings is 2. The summed E-state index contributed by atoms with van der Waals surface area (Å²) in [5.74, 6) is 0. The maximum Gasteiger partial charge on any atom is 0.0548 e. The van der Waals surface area contributed by atoms with Crippen LogP contribution in [0.1, 0.15) is 0 Å². The van der Waals surface area contributed by atoms with Crippen LogP contribution in [-0.2, 0) is 0 Å². The zero-order chi connectivity index (χ0) is 26.2. The minimum atomic E-state index is 1.11. The fraction of sp³-hybridized carbons (Fsp3) is 0. The number of aromatic nitrogens is 3. The highest BCUT2D eigenvalue weighted by Gasteiger charge is 2.19. The summed E-state index contributed by atoms with van der Waals surface area (Å²) < 4.78 is 4.86. The first-order valence-electron chi connectivity index (χ1n) is 13.6. The average Bonchev–Trinajstić information content (AvgIpc) is 3.58. The molecule has 3 heteroatoms. The molecular weight excluding hydrogens is 486 g/mol. The van der Waals surface area contributed by atoms with Gasteiger partial charge in [-0.2, -0.15) is 0 Å². The van der Waals surface area contributed by atoms with Gasteiger partial charge in [0.2, 0.25) is 0 Å². The molecule has 4 heterocycles. The van der Waals surface area contributed by atoms with Gasteiger partial charge in [-0.1, -0.05) is 78.9 Å². The van der Waals surface area contributed by atoms with Crippen molar-refractivity contribution in [1.82, 2.24) is 14.0 Å². The first-order valence-corrected chi connectivity index (χ1v) is 13.6. The van der Waals surface area contributed by atoms with Gasteiger partial charge in [0.05, 0.1) is 27.6 Å². The Morgan fingerprint density at radius 1 is 0.450 bits per heavy atom. The van der Waals surface area contributed by atoms with E-state index in [4.69, 9.17) is 0 Å². The third kappa shape index (κ3) is 2.86. The molecule has 186 valence electrons. The average molecular weight is 510 g/mol. The summed E-state index contributed by atoms with van der Waals surface area (Å²) in [4.78, 5) is 4.35. The summed E-state index contributed by atoms with van der Waals surface area (Å²) in [5, 5.41) is 7.65. The van der Waals surface area contributed by atoms with Crippen LogP contribution in [0, 0.1) is 0 Å². The largest absolute Gasteiger partial charge is 0.309 e. The fourth-order valence-corrected chi connectivity index (χ4v) is 6.68. The van der Waals surface area contributed by atoms with E-state index in [1.54, 1.807) is 0 Å². The third-order valence-electron chi connectivity index (χ3n) is 8.34. The van der Waals surface area contributed by atoms with Crippen molar-refractivity contribution >= 4 is 59.9 Å². The molecule has 0 aliphatic heterocycles. The van der Waals surface area contributed by atoms with Gasteiger partial charge in [-0.3, -0.25) is 4.98 Å². The van der Waals surface area contributed by atoms with Crippen LogP contribution in [0.2, 0.25) is 0 Å². The zero-order valence-electron chi connectivity index (χ0n) is 21.6. The number of nitrogens with zero attached hydrogens (tertiary/aromatic N) is 3. The monoisotopic (exact) mass is 509 g/mol. The molecule has 0 radical (unpaired) electrons. The lowest BCUT2D eigenvalue weighted by atomic mass is 10.00. The minimum absolute atomic E-state index is 1.11. The molecule has 0 aliphatic carbocycles. The maximum atomic E-state index is 4.35. The smallest absolute Gasteiger partial charge is 0.0548 e. The van der Waals surface area contributed by atoms with E-state index in [1.165, 1.54) is 59.9 Å². The molecule has 0 unspecified atom stereocenters. The Morgan fingerprint density at radius 3 is 2.05 bits per heavy atom. The Hall–Kier alpha value is -5.41. The van der Waals surface area contributed by atoms with Gasteiger partial charge >= 0.3 is 0 Å². The molecule has 3 nitrogen and oxygen atoms in total. The van der Waals surface area contributed by atoms with E-state index in [2.05, 4.69) is 135 Å². The van der Waals surface area contributed by atoms with Crippen LogP contribution >= 0.6 is 0 Å². The molecule has 0 aliphatic rings. The van der Waals surface area contributed by atoms with Crippen molar-refractivity contribution in [2.45, 2.75) is 0 Å². The standard InChI is InChI=1S/C37H23N3/c1-5-16-31-25(9-1)22-35-28-13-2-3-14-29(28)36-34(40(31)35)19-18-33-37(36)30-15-4-6-17-32(30)39(33)27-12-7-10-24(21-27)26-11-8-20-38-23-26/h1-23H. The SMILES string of the molecule is c1cncc(-c2cccc(-n3c4ccccc4c4c5c6ccccc6c6cc7ccccc7n6c5ccc43)c2)c1. The van der Waals surface area contributed by atoms with Gasteiger partial charge in [-0.05, 0) is 59.5 Å². The van der Waals surface area contributed by atoms with E-state index < -0.39 is 0 Å². The Labute approximate surface area is 230 Å². The molecule has 40 heavy (non-hydrogen) atoms. The predicted molar refractivity (Wildman–Crippen MR) is 167 cm³/mol. The van der Waals surface area contributed by atoms with Gasteiger partial charge in [0, 0.05) is 50.6 Å². The molecule has 0 spiro atoms. The lowest BCUT2D eigenvalue weighted by Crippen LogP contribution is -1.95. The molecular formula is C37H23N3. The second kappa shape index (κ2) is 8.05. The Bertz CT molecular complexity index is 2430. The minimum Gasteiger partial charge on any atom is -0.309 e. The van der Waals surface area contributed by atoms with Crippen molar-refractivity contribution in [1.29, 1.82) is 0 Å². The lowest BCUT2D eigenvalue weighted by Gasteiger charge is -2.13. The van der Waals surface area contributed by atoms with Gasteiger partial charge in [-0.25, -0.2) is 0 Å². The first-order chi connectivity index (χ1) is 19.9. The third-order valence-corrected chi connectivity index (χ3v) is 8.34. The fourth-order valence-electron chi connectivity index (χ4n) is 6.68. The maximum absolute atomic E-state index is 4.35. The Balaban J connectivity index is 1.48. The Kier molecular flexibility index (Phi) is 4.33. The molecule has 0 saturated carbocycles. The molecule has 9 rings (SSSR count). The number of hydrogen-bond donors (Lipinski definition) is 0. The molecule has 0 atom stereocenters. The topological polar surface area (TPSA) is 22.2 Å². The van der Waals surface area contributed by atoms with Crippen molar-refractivity contribution in [3.63, 3.8) is 0 Å². The molecule has 9 aromatic rings. The van der Waals surface area contributed by atoms with Crippen molar-refractivity contribution in [3.05, 3.63) is 140 Å². The van der Waals surface area contributed by atoms with Crippen LogP contribution < -0.4 is 0 Å². The molecule has 0 amide bonds. The van der Waals surface area contributed by atoms with Crippen molar-refractivity contribution in [3.8, 4) is 16.8 Å². The van der Waals surface area contributed by atoms with E-state index >= 15 is 0 Å². The first kappa shape index (κ1) is 21.5. The van der Waals surface area contributed by atoms with Gasteiger partial charge < -0.3 is 8.97 Å². The summed E-state index contributed by atoms with van der Waals surface area (Å²) in [6.45, 7) is 0. The van der Waals surface area contributed by atoms with Gasteiger partial charge in [0.15, 0.2) is 0 Å². The van der Waals surface area contributed by atoms with Crippen LogP contribution in [0.3, 0.4) is 0 Å². The molecule has 0 fully saturated rings. The number of rotatable bonds is 2. The lowest BCUT2D eigenvalue weighted by molar-refractivity contribution is 1.18. The molecule has 4 aromatic heterocycles. The van der Waals surface area contributed by atoms with Crippen LogP contribution in [0.25, 0.3) is 76.7 Å². The van der Waals surface area contributed by atoms with E-state index in [9.17, 15) is 0 Å². The summed E-state index contributed by atoms with van der Waals surface area (Å²) >= 11 is 0. The zero-order valence-corrected chi connectivity index (χ0v) is 21.6. The van der Waals surface area contributed by atoms with Crippen LogP contribution in [0.4, 0.5) is 0 Å². The number of para-hydroxylation sites is 2. The van der Waals surface area contributed by atoms with Gasteiger partial charge in [-0.15, -0.1) is 0 Å². The highest BCUT2D eigenvalue weighted by atomic mass is 15.0. The highest BCUT2D eigenvalue weighted by Crippen LogP contribution is 2.42. The molecule has 0 N–H and O–H groups in total. The molecule has 5 aromatic carbocycles. The van der Waals surface area contributed by atoms with Crippen molar-refractivity contribution in [2.24, 2.45) is 0 Å². The van der Waals surface area contributed by atoms with E-state index in [0.29, 0.717) is 0 Å². The van der Waals surface area contributed by atoms with Gasteiger partial charge in [0.1, 0.15) is 0 Å². The summed E-state index contributed by atoms with van der Waals surface area (Å²) in [5.41, 5.74) is 9.54. The van der Waals surface area contributed by atoms with E-state index in [0.717, 1.165) is 16.8 Å². The van der Waals surface area contributed by atoms with Gasteiger partial charge in [0.25, 0.3) is 0 Å². The number of benzene rings is 5. The van der Waals surface area contributed by atoms with E-state index in [1.807, 2.05) is 18.5 Å². The van der Waals surface area contributed by atoms with Crippen LogP contribution in [0.15, 0.2) is 140 Å². The second-order valence-corrected chi connectivity index (χ2v) is 10.5. The summed E-state index contributed by atoms with van der Waals surface area (Å²) in [6.07, 6.45) is 3.75. The highest BCUT2D eigenvalue weighted by molar-refractivity contribution is 6.30. The van der Waals surface area contributed by atoms with Crippen LogP contribution in [-0.4, -0.2) is 14.0 Å². The van der Waals surface area contributed by atoms with Crippen LogP contribution in [0.5, 0.6) is 0 Å². The molecule has 0 bridgehead atoms. The number of fused-ring (bicyclic) bond motifs is 12. The normalized spacial score (nSPS) is 12.0. The van der Waals surface area contributed by atoms with E-state index in [-0.39, 0.29) is 0 Å². The van der Waals surface area contributed by atoms with Crippen molar-refractivity contribution < 1.29 is 0 Å². The van der Waals surface area contributed by atoms with Crippen molar-refractivity contribution in [2.75, 3.05) is 0 Å². The summed E-state index contributed by atoms with van der Waals surface area (Å²) in [7, 11) is 0. The Morgan fingerprint density at radius 2 is 1.18 bits per heavy atom.